The van der Waals surface area contributed by atoms with E-state index in [-0.39, 0.29) is 11.5 Å². The van der Waals surface area contributed by atoms with Crippen molar-refractivity contribution in [3.63, 3.8) is 0 Å². The Bertz CT molecular complexity index is 967. The summed E-state index contributed by atoms with van der Waals surface area (Å²) >= 11 is 0. The fraction of sp³-hybridized carbons (Fsp3) is 0.318. The summed E-state index contributed by atoms with van der Waals surface area (Å²) in [6.07, 6.45) is -3.25. The number of amides is 1. The number of hydrogen-bond acceptors (Lipinski definition) is 7. The Morgan fingerprint density at radius 2 is 1.52 bits per heavy atom. The van der Waals surface area contributed by atoms with Gasteiger partial charge in [0, 0.05) is 0 Å². The fourth-order valence-corrected chi connectivity index (χ4v) is 3.92. The van der Waals surface area contributed by atoms with Crippen LogP contribution in [0.4, 0.5) is 13.6 Å². The van der Waals surface area contributed by atoms with Crippen LogP contribution >= 0.6 is 7.82 Å². The molecule has 0 saturated carbocycles. The lowest BCUT2D eigenvalue weighted by Crippen LogP contribution is -2.50. The van der Waals surface area contributed by atoms with E-state index in [1.54, 1.807) is 57.2 Å². The van der Waals surface area contributed by atoms with Gasteiger partial charge in [-0.1, -0.05) is 36.4 Å². The predicted octanol–water partition coefficient (Wildman–Crippen LogP) is 5.97. The van der Waals surface area contributed by atoms with Crippen LogP contribution in [0.3, 0.4) is 0 Å². The second-order valence-corrected chi connectivity index (χ2v) is 9.33. The maximum Gasteiger partial charge on any atom is 0.648 e. The van der Waals surface area contributed by atoms with Crippen LogP contribution in [0.15, 0.2) is 72.8 Å². The van der Waals surface area contributed by atoms with Crippen molar-refractivity contribution in [1.29, 1.82) is 0 Å². The highest BCUT2D eigenvalue weighted by atomic mass is 31.2. The van der Waals surface area contributed by atoms with E-state index in [1.165, 1.54) is 24.3 Å². The van der Waals surface area contributed by atoms with E-state index in [9.17, 15) is 18.1 Å². The molecule has 2 aromatic carbocycles. The Balaban J connectivity index is 1.95. The standard InChI is InChI=1S/C22H24F2NO7P/c1-22(2,3)29-21(26)25-18(20(23)24)14-28-15-19(25)32-33(27,30-16-10-6-4-7-11-16)31-17-12-8-5-9-13-17/h4-13,15,18,20H,14H2,1-3H3/t18-/m0/s1. The Morgan fingerprint density at radius 3 is 1.97 bits per heavy atom. The maximum atomic E-state index is 13.7. The Hall–Kier alpha value is -3.26. The number of para-hydroxylation sites is 2. The highest BCUT2D eigenvalue weighted by molar-refractivity contribution is 7.49. The Morgan fingerprint density at radius 1 is 1.00 bits per heavy atom. The zero-order valence-electron chi connectivity index (χ0n) is 18.2. The van der Waals surface area contributed by atoms with Gasteiger partial charge < -0.3 is 23.0 Å². The second-order valence-electron chi connectivity index (χ2n) is 7.89. The number of nitrogens with zero attached hydrogens (tertiary/aromatic N) is 1. The van der Waals surface area contributed by atoms with Gasteiger partial charge in [0.25, 0.3) is 6.43 Å². The zero-order valence-corrected chi connectivity index (χ0v) is 19.1. The third-order valence-corrected chi connectivity index (χ3v) is 5.31. The summed E-state index contributed by atoms with van der Waals surface area (Å²) in [7, 11) is -4.56. The molecule has 2 aromatic rings. The normalized spacial score (nSPS) is 16.5. The van der Waals surface area contributed by atoms with E-state index in [4.69, 9.17) is 23.0 Å². The summed E-state index contributed by atoms with van der Waals surface area (Å²) < 4.78 is 67.8. The van der Waals surface area contributed by atoms with E-state index in [0.29, 0.717) is 4.90 Å². The molecule has 0 unspecified atom stereocenters. The van der Waals surface area contributed by atoms with Crippen molar-refractivity contribution in [3.05, 3.63) is 72.8 Å². The lowest BCUT2D eigenvalue weighted by molar-refractivity contribution is -0.0493. The molecule has 0 fully saturated rings. The molecule has 0 radical (unpaired) electrons. The number of phosphoric acid groups is 1. The van der Waals surface area contributed by atoms with Crippen LogP contribution in [-0.2, 0) is 18.6 Å². The minimum Gasteiger partial charge on any atom is -0.493 e. The number of ether oxygens (including phenoxy) is 2. The summed E-state index contributed by atoms with van der Waals surface area (Å²) in [5.41, 5.74) is -0.988. The summed E-state index contributed by atoms with van der Waals surface area (Å²) in [4.78, 5) is 13.3. The van der Waals surface area contributed by atoms with E-state index in [2.05, 4.69) is 0 Å². The van der Waals surface area contributed by atoms with Crippen LogP contribution in [0.1, 0.15) is 20.8 Å². The molecule has 0 bridgehead atoms. The molecule has 178 valence electrons. The molecule has 33 heavy (non-hydrogen) atoms. The van der Waals surface area contributed by atoms with Crippen LogP contribution in [0.5, 0.6) is 11.5 Å². The van der Waals surface area contributed by atoms with Crippen LogP contribution in [0.2, 0.25) is 0 Å². The summed E-state index contributed by atoms with van der Waals surface area (Å²) in [5.74, 6) is -0.345. The van der Waals surface area contributed by atoms with Gasteiger partial charge >= 0.3 is 13.9 Å². The largest absolute Gasteiger partial charge is 0.648 e. The number of hydrogen-bond donors (Lipinski definition) is 0. The fourth-order valence-electron chi connectivity index (χ4n) is 2.69. The number of rotatable bonds is 7. The van der Waals surface area contributed by atoms with Crippen molar-refractivity contribution >= 4 is 13.9 Å². The average Bonchev–Trinajstić information content (AvgIpc) is 2.73. The number of alkyl halides is 2. The van der Waals surface area contributed by atoms with Crippen molar-refractivity contribution in [2.24, 2.45) is 0 Å². The van der Waals surface area contributed by atoms with Crippen molar-refractivity contribution < 1.29 is 41.2 Å². The molecule has 1 aliphatic heterocycles. The van der Waals surface area contributed by atoms with Gasteiger partial charge in [-0.15, -0.1) is 0 Å². The van der Waals surface area contributed by atoms with Crippen LogP contribution < -0.4 is 9.05 Å². The molecule has 1 heterocycles. The van der Waals surface area contributed by atoms with Gasteiger partial charge in [-0.05, 0) is 45.0 Å². The van der Waals surface area contributed by atoms with Gasteiger partial charge in [0.1, 0.15) is 36.0 Å². The summed E-state index contributed by atoms with van der Waals surface area (Å²) in [6, 6.07) is 14.2. The topological polar surface area (TPSA) is 83.5 Å². The van der Waals surface area contributed by atoms with E-state index in [0.717, 1.165) is 6.26 Å². The van der Waals surface area contributed by atoms with E-state index in [1.807, 2.05) is 0 Å². The number of phosphoric ester groups is 1. The van der Waals surface area contributed by atoms with Crippen molar-refractivity contribution in [2.75, 3.05) is 6.61 Å². The first-order valence-electron chi connectivity index (χ1n) is 9.97. The number of benzene rings is 2. The molecular formula is C22H24F2NO7P. The average molecular weight is 483 g/mol. The van der Waals surface area contributed by atoms with Crippen molar-refractivity contribution in [1.82, 2.24) is 4.90 Å². The van der Waals surface area contributed by atoms with E-state index < -0.39 is 44.5 Å². The molecule has 0 aromatic heterocycles. The van der Waals surface area contributed by atoms with Crippen LogP contribution in [-0.4, -0.2) is 35.7 Å². The molecule has 0 aliphatic carbocycles. The van der Waals surface area contributed by atoms with Crippen molar-refractivity contribution in [2.45, 2.75) is 38.8 Å². The van der Waals surface area contributed by atoms with Crippen LogP contribution in [0, 0.1) is 0 Å². The minimum atomic E-state index is -4.56. The molecule has 0 spiro atoms. The van der Waals surface area contributed by atoms with Gasteiger partial charge in [-0.2, -0.15) is 4.57 Å². The molecule has 3 rings (SSSR count). The molecule has 8 nitrogen and oxygen atoms in total. The van der Waals surface area contributed by atoms with Gasteiger partial charge in [-0.3, -0.25) is 0 Å². The molecule has 0 N–H and O–H groups in total. The van der Waals surface area contributed by atoms with Gasteiger partial charge in [0.05, 0.1) is 0 Å². The monoisotopic (exact) mass is 483 g/mol. The van der Waals surface area contributed by atoms with Gasteiger partial charge in [-0.25, -0.2) is 18.5 Å². The van der Waals surface area contributed by atoms with Gasteiger partial charge in [0.2, 0.25) is 5.88 Å². The third-order valence-electron chi connectivity index (χ3n) is 4.03. The smallest absolute Gasteiger partial charge is 0.493 e. The summed E-state index contributed by atoms with van der Waals surface area (Å²) in [6.45, 7) is 4.21. The van der Waals surface area contributed by atoms with Gasteiger partial charge in [0.15, 0.2) is 0 Å². The number of carbonyl (C=O) groups excluding carboxylic acids is 1. The predicted molar refractivity (Wildman–Crippen MR) is 115 cm³/mol. The molecule has 1 amide bonds. The SMILES string of the molecule is CC(C)(C)OC(=O)N1C(OP(=O)(Oc2ccccc2)Oc2ccccc2)=COC[C@H]1C(F)F. The maximum absolute atomic E-state index is 13.7. The molecule has 1 atom stereocenters. The lowest BCUT2D eigenvalue weighted by Gasteiger charge is -2.36. The molecular weight excluding hydrogens is 459 g/mol. The molecule has 11 heteroatoms. The highest BCUT2D eigenvalue weighted by Gasteiger charge is 2.45. The summed E-state index contributed by atoms with van der Waals surface area (Å²) in [5, 5.41) is 0. The van der Waals surface area contributed by atoms with E-state index >= 15 is 0 Å². The first-order chi connectivity index (χ1) is 15.6. The molecule has 0 saturated heterocycles. The quantitative estimate of drug-likeness (QED) is 0.449. The Kier molecular flexibility index (Phi) is 7.48. The second kappa shape index (κ2) is 10.1. The van der Waals surface area contributed by atoms with Crippen LogP contribution in [0.25, 0.3) is 0 Å². The zero-order chi connectivity index (χ0) is 24.1. The first-order valence-corrected chi connectivity index (χ1v) is 11.4. The third kappa shape index (κ3) is 6.86. The van der Waals surface area contributed by atoms with Crippen molar-refractivity contribution in [3.8, 4) is 11.5 Å². The Labute approximate surface area is 190 Å². The lowest BCUT2D eigenvalue weighted by atomic mass is 10.2. The minimum absolute atomic E-state index is 0.128. The number of halogens is 2. The first kappa shape index (κ1) is 24.4. The highest BCUT2D eigenvalue weighted by Crippen LogP contribution is 2.52. The molecule has 1 aliphatic rings. The number of carbonyl (C=O) groups is 1.